The van der Waals surface area contributed by atoms with Gasteiger partial charge in [0.1, 0.15) is 30.8 Å². The summed E-state index contributed by atoms with van der Waals surface area (Å²) in [7, 11) is 0. The zero-order valence-electron chi connectivity index (χ0n) is 68.0. The quantitative estimate of drug-likeness (QED) is 0.0113. The van der Waals surface area contributed by atoms with E-state index < -0.39 is 119 Å². The number of carboxylic acids is 2. The molecule has 0 saturated carbocycles. The number of nitrogens with zero attached hydrogens (tertiary/aromatic N) is 3. The number of urea groups is 2. The summed E-state index contributed by atoms with van der Waals surface area (Å²) in [6.07, 6.45) is 1.75. The molecule has 2 aromatic heterocycles. The Morgan fingerprint density at radius 3 is 1.88 bits per heavy atom. The fourth-order valence-electron chi connectivity index (χ4n) is 13.9. The van der Waals surface area contributed by atoms with Crippen molar-refractivity contribution in [2.75, 3.05) is 128 Å². The lowest BCUT2D eigenvalue weighted by Crippen LogP contribution is -2.57. The third-order valence-corrected chi connectivity index (χ3v) is 20.0. The molecule has 38 heteroatoms. The molecule has 38 nitrogen and oxygen atoms in total. The summed E-state index contributed by atoms with van der Waals surface area (Å²) in [5, 5.41) is 46.7. The van der Waals surface area contributed by atoms with E-state index in [1.54, 1.807) is 79.9 Å². The number of fused-ring (bicyclic) bond motifs is 5. The third kappa shape index (κ3) is 28.2. The number of hydrogen-bond donors (Lipinski definition) is 13. The highest BCUT2D eigenvalue weighted by Gasteiger charge is 2.52. The van der Waals surface area contributed by atoms with Gasteiger partial charge in [0.2, 0.25) is 47.5 Å². The van der Waals surface area contributed by atoms with Gasteiger partial charge in [-0.15, -0.1) is 0 Å². The SMILES string of the molecule is CCc1c2c(nc3ccccc13)-c1cc3c(c(=O)n1C2)COC(=O)[C@@]3(CC)OC(=O)[C@@H](NC(=O)[C@@H]1CCCN1C(=O)[C@H](CC(=O)O)NC(=O)CCOCCOCCOCCNC(=O)CCCC(=O)N[C@@H](CCCCNC=O)C(=O)NCCOCCOCCOCCNC(=O)Nc1ccc(NC(=O)N[C@H](CC(=O)O)c2cccc(N)c2)cc1)C(C)C. The van der Waals surface area contributed by atoms with Gasteiger partial charge in [-0.3, -0.25) is 47.9 Å². The lowest BCUT2D eigenvalue weighted by atomic mass is 9.85. The number of rotatable bonds is 53. The Balaban J connectivity index is 0.634. The van der Waals surface area contributed by atoms with Crippen molar-refractivity contribution in [1.29, 1.82) is 0 Å². The number of nitrogens with one attached hydrogen (secondary N) is 10. The second kappa shape index (κ2) is 48.4. The highest BCUT2D eigenvalue weighted by atomic mass is 16.6. The van der Waals surface area contributed by atoms with Gasteiger partial charge >= 0.3 is 35.9 Å². The van der Waals surface area contributed by atoms with E-state index in [1.807, 2.05) is 31.2 Å². The number of aromatic nitrogens is 2. The van der Waals surface area contributed by atoms with Crippen LogP contribution in [0.15, 0.2) is 83.7 Å². The van der Waals surface area contributed by atoms with E-state index in [0.717, 1.165) is 22.0 Å². The molecule has 0 aliphatic carbocycles. The van der Waals surface area contributed by atoms with Crippen molar-refractivity contribution >= 4 is 106 Å². The van der Waals surface area contributed by atoms with Gasteiger partial charge < -0.3 is 116 Å². The minimum atomic E-state index is -2.09. The number of unbranched alkanes of at least 4 members (excludes halogenated alkanes) is 1. The number of aryl methyl sites for hydroxylation is 1. The topological polar surface area (TPSA) is 521 Å². The van der Waals surface area contributed by atoms with Gasteiger partial charge in [0, 0.05) is 85.6 Å². The normalized spacial score (nSPS) is 15.4. The average Bonchev–Trinajstić information content (AvgIpc) is 1.38. The summed E-state index contributed by atoms with van der Waals surface area (Å²) in [5.41, 5.74) is 9.08. The molecule has 120 heavy (non-hydrogen) atoms. The monoisotopic (exact) mass is 1670 g/mol. The number of esters is 2. The standard InChI is InChI=1S/C82H110N14O24/c1-5-56-57-16-7-8-17-61(57)92-73-58(56)48-96-66(73)45-60-59(76(96)107)49-119-79(110)82(60,6-2)120-78(109)72(51(3)4)94-75(106)65-19-13-31-95(65)77(108)64(47-71(103)104)91-69(100)26-32-113-36-40-117-41-37-114-33-28-85-67(98)20-12-21-68(99)90-62(18-9-10-27-84-50-97)74(105)86-29-34-115-38-42-118-43-39-116-35-30-87-80(111)88-54-22-24-55(25-23-54)89-81(112)93-63(46-70(101)102)52-14-11-15-53(83)44-52/h7-8,11,14-17,22-25,44-45,50-51,62-65,72H,5-6,9-10,12-13,18-21,26-43,46-49,83H2,1-4H3,(H,84,97)(H,85,98)(H,86,105)(H,90,99)(H,91,100)(H,94,106)(H,101,102)(H,103,104)(H2,87,88,111)(H2,89,93,112)/t62-,63+,64-,65-,72-,82-/m0/s1. The number of cyclic esters (lactones) is 1. The smallest absolute Gasteiger partial charge is 0.355 e. The van der Waals surface area contributed by atoms with E-state index in [-0.39, 0.29) is 181 Å². The number of likely N-dealkylation sites (tertiary alicyclic amines) is 1. The van der Waals surface area contributed by atoms with Gasteiger partial charge in [-0.05, 0) is 117 Å². The van der Waals surface area contributed by atoms with Crippen LogP contribution in [0.4, 0.5) is 26.7 Å². The van der Waals surface area contributed by atoms with Crippen LogP contribution < -0.4 is 64.5 Å². The van der Waals surface area contributed by atoms with Gasteiger partial charge in [-0.25, -0.2) is 24.2 Å². The zero-order chi connectivity index (χ0) is 86.5. The van der Waals surface area contributed by atoms with Crippen LogP contribution in [-0.4, -0.2) is 239 Å². The minimum Gasteiger partial charge on any atom is -0.481 e. The maximum atomic E-state index is 14.5. The number of anilines is 3. The summed E-state index contributed by atoms with van der Waals surface area (Å²) < 4.78 is 46.6. The molecule has 0 bridgehead atoms. The van der Waals surface area contributed by atoms with Crippen molar-refractivity contribution in [2.24, 2.45) is 5.92 Å². The van der Waals surface area contributed by atoms with Gasteiger partial charge in [-0.1, -0.05) is 58.0 Å². The number of carbonyl (C=O) groups is 13. The van der Waals surface area contributed by atoms with E-state index in [1.165, 1.54) is 4.90 Å². The van der Waals surface area contributed by atoms with Crippen molar-refractivity contribution in [2.45, 2.75) is 160 Å². The number of carboxylic acid groups (broad SMARTS) is 2. The molecule has 0 unspecified atom stereocenters. The van der Waals surface area contributed by atoms with E-state index in [0.29, 0.717) is 79.1 Å². The highest BCUT2D eigenvalue weighted by molar-refractivity contribution is 5.97. The largest absolute Gasteiger partial charge is 0.481 e. The number of hydrogen-bond acceptors (Lipinski definition) is 24. The molecule has 3 aliphatic rings. The Hall–Kier alpha value is -11.7. The average molecular weight is 1680 g/mol. The van der Waals surface area contributed by atoms with Crippen molar-refractivity contribution in [3.63, 3.8) is 0 Å². The Morgan fingerprint density at radius 2 is 1.25 bits per heavy atom. The number of carbonyl (C=O) groups excluding carboxylic acids is 11. The van der Waals surface area contributed by atoms with Crippen LogP contribution in [0.5, 0.6) is 0 Å². The van der Waals surface area contributed by atoms with E-state index in [9.17, 15) is 77.3 Å². The molecule has 0 radical (unpaired) electrons. The van der Waals surface area contributed by atoms with Crippen LogP contribution in [0.1, 0.15) is 139 Å². The van der Waals surface area contributed by atoms with Crippen molar-refractivity contribution in [3.8, 4) is 11.4 Å². The first-order valence-electron chi connectivity index (χ1n) is 40.3. The van der Waals surface area contributed by atoms with E-state index in [4.69, 9.17) is 48.6 Å². The molecule has 11 amide bonds. The number of aliphatic carboxylic acids is 2. The second-order valence-corrected chi connectivity index (χ2v) is 28.9. The van der Waals surface area contributed by atoms with Gasteiger partial charge in [0.05, 0.1) is 127 Å². The number of ether oxygens (including phenoxy) is 8. The Labute approximate surface area is 693 Å². The predicted octanol–water partition coefficient (Wildman–Crippen LogP) is 3.32. The Kier molecular flexibility index (Phi) is 37.8. The number of nitrogens with two attached hydrogens (primary N) is 1. The van der Waals surface area contributed by atoms with Gasteiger partial charge in [0.25, 0.3) is 5.56 Å². The summed E-state index contributed by atoms with van der Waals surface area (Å²) in [4.78, 5) is 188. The molecule has 652 valence electrons. The van der Waals surface area contributed by atoms with E-state index in [2.05, 4.69) is 53.2 Å². The molecule has 1 fully saturated rings. The molecule has 14 N–H and O–H groups in total. The molecule has 5 aromatic rings. The van der Waals surface area contributed by atoms with Crippen LogP contribution in [0, 0.1) is 5.92 Å². The fraction of sp³-hybridized carbons (Fsp3) is 0.524. The number of para-hydroxylation sites is 1. The van der Waals surface area contributed by atoms with Crippen LogP contribution in [0.3, 0.4) is 0 Å². The molecule has 3 aromatic carbocycles. The second-order valence-electron chi connectivity index (χ2n) is 28.9. The minimum absolute atomic E-state index is 0.0277. The number of nitrogen functional groups attached to an aromatic ring is 1. The highest BCUT2D eigenvalue weighted by Crippen LogP contribution is 2.43. The van der Waals surface area contributed by atoms with E-state index >= 15 is 0 Å². The first kappa shape index (κ1) is 93.8. The van der Waals surface area contributed by atoms with Gasteiger partial charge in [-0.2, -0.15) is 0 Å². The molecule has 3 aliphatic heterocycles. The predicted molar refractivity (Wildman–Crippen MR) is 434 cm³/mol. The maximum Gasteiger partial charge on any atom is 0.355 e. The summed E-state index contributed by atoms with van der Waals surface area (Å²) >= 11 is 0. The molecular formula is C82H110N14O24. The third-order valence-electron chi connectivity index (χ3n) is 20.0. The lowest BCUT2D eigenvalue weighted by molar-refractivity contribution is -0.191. The van der Waals surface area contributed by atoms with Crippen LogP contribution in [0.2, 0.25) is 0 Å². The molecule has 0 spiro atoms. The Morgan fingerprint density at radius 1 is 0.642 bits per heavy atom. The zero-order valence-corrected chi connectivity index (χ0v) is 68.0. The van der Waals surface area contributed by atoms with Crippen LogP contribution in [0.25, 0.3) is 22.3 Å². The Bertz CT molecular complexity index is 4430. The number of amides is 11. The molecule has 1 saturated heterocycles. The molecule has 6 atom stereocenters. The number of benzene rings is 3. The van der Waals surface area contributed by atoms with Crippen molar-refractivity contribution in [1.82, 2.24) is 57.0 Å². The van der Waals surface area contributed by atoms with Gasteiger partial charge in [0.15, 0.2) is 0 Å². The van der Waals surface area contributed by atoms with Crippen molar-refractivity contribution < 1.29 is 110 Å². The molecular weight excluding hydrogens is 1560 g/mol. The molecule has 8 rings (SSSR count). The first-order chi connectivity index (χ1) is 57.8. The van der Waals surface area contributed by atoms with Crippen LogP contribution >= 0.6 is 0 Å². The summed E-state index contributed by atoms with van der Waals surface area (Å²) in [6, 6.07) is 15.2. The first-order valence-corrected chi connectivity index (χ1v) is 40.3. The lowest BCUT2D eigenvalue weighted by Gasteiger charge is -2.37. The maximum absolute atomic E-state index is 14.5. The summed E-state index contributed by atoms with van der Waals surface area (Å²) in [5.74, 6) is -8.48. The van der Waals surface area contributed by atoms with Crippen LogP contribution in [-0.2, 0) is 116 Å². The number of pyridine rings is 2. The molecule has 5 heterocycles. The fourth-order valence-corrected chi connectivity index (χ4v) is 13.9. The summed E-state index contributed by atoms with van der Waals surface area (Å²) in [6.45, 7) is 9.66. The van der Waals surface area contributed by atoms with Crippen molar-refractivity contribution in [3.05, 3.63) is 117 Å².